The summed E-state index contributed by atoms with van der Waals surface area (Å²) < 4.78 is 0. The molecule has 4 rings (SSSR count). The van der Waals surface area contributed by atoms with Crippen LogP contribution in [0.25, 0.3) is 11.1 Å². The Morgan fingerprint density at radius 1 is 0.895 bits per heavy atom. The lowest BCUT2D eigenvalue weighted by Gasteiger charge is -2.14. The molecule has 0 heterocycles. The minimum Gasteiger partial charge on any atom is -0.311 e. The predicted molar refractivity (Wildman–Crippen MR) is 81.3 cm³/mol. The summed E-state index contributed by atoms with van der Waals surface area (Å²) in [6.45, 7) is 4.42. The van der Waals surface area contributed by atoms with Crippen molar-refractivity contribution in [1.29, 1.82) is 0 Å². The summed E-state index contributed by atoms with van der Waals surface area (Å²) >= 11 is 0. The van der Waals surface area contributed by atoms with E-state index in [1.807, 2.05) is 0 Å². The average Bonchev–Trinajstić information content (AvgIpc) is 2.83. The molecule has 0 spiro atoms. The third kappa shape index (κ3) is 3.05. The van der Waals surface area contributed by atoms with Gasteiger partial charge in [-0.15, -0.1) is 0 Å². The highest BCUT2D eigenvalue weighted by Gasteiger charge is 2.20. The van der Waals surface area contributed by atoms with Gasteiger partial charge < -0.3 is 5.32 Å². The van der Waals surface area contributed by atoms with Crippen molar-refractivity contribution in [2.24, 2.45) is 0 Å². The summed E-state index contributed by atoms with van der Waals surface area (Å²) in [7, 11) is 0. The first-order valence-corrected chi connectivity index (χ1v) is 7.15. The molecule has 1 nitrogen and oxygen atoms in total. The Kier molecular flexibility index (Phi) is 3.39. The van der Waals surface area contributed by atoms with E-state index in [4.69, 9.17) is 0 Å². The molecule has 98 valence electrons. The lowest BCUT2D eigenvalue weighted by molar-refractivity contribution is 0.478. The van der Waals surface area contributed by atoms with Crippen molar-refractivity contribution in [3.8, 4) is 11.1 Å². The monoisotopic (exact) mass is 251 g/mol. The maximum absolute atomic E-state index is 3.59. The van der Waals surface area contributed by atoms with Gasteiger partial charge in [-0.25, -0.2) is 0 Å². The van der Waals surface area contributed by atoms with Gasteiger partial charge in [0.1, 0.15) is 0 Å². The van der Waals surface area contributed by atoms with Gasteiger partial charge in [-0.3, -0.25) is 0 Å². The van der Waals surface area contributed by atoms with Gasteiger partial charge in [0.25, 0.3) is 0 Å². The standard InChI is InChI=1S/C12H17N.C6H4/c1-9(2)13-12-7-10-5-3-4-6-11(10)8-12;1-2-5-4-6(5)3-1/h3-6,9,12-13H,7-8H2,1-2H3;1-4H. The Morgan fingerprint density at radius 2 is 1.47 bits per heavy atom. The van der Waals surface area contributed by atoms with E-state index in [2.05, 4.69) is 67.7 Å². The van der Waals surface area contributed by atoms with Gasteiger partial charge in [-0.1, -0.05) is 56.3 Å². The highest BCUT2D eigenvalue weighted by molar-refractivity contribution is 5.80. The van der Waals surface area contributed by atoms with Crippen LogP contribution in [0, 0.1) is 0 Å². The molecule has 0 saturated carbocycles. The van der Waals surface area contributed by atoms with Crippen LogP contribution in [0.3, 0.4) is 0 Å². The van der Waals surface area contributed by atoms with Crippen molar-refractivity contribution in [2.45, 2.75) is 38.8 Å². The summed E-state index contributed by atoms with van der Waals surface area (Å²) in [5, 5.41) is 3.59. The Balaban J connectivity index is 0.000000151. The minimum atomic E-state index is 0.597. The van der Waals surface area contributed by atoms with Crippen LogP contribution in [0.5, 0.6) is 0 Å². The number of nitrogens with one attached hydrogen (secondary N) is 1. The lowest BCUT2D eigenvalue weighted by atomic mass is 10.1. The Hall–Kier alpha value is -1.60. The zero-order valence-electron chi connectivity index (χ0n) is 11.7. The number of hydrogen-bond acceptors (Lipinski definition) is 1. The van der Waals surface area contributed by atoms with E-state index in [1.165, 1.54) is 35.1 Å². The lowest BCUT2D eigenvalue weighted by Crippen LogP contribution is -2.35. The second-order valence-electron chi connectivity index (χ2n) is 5.78. The second kappa shape index (κ2) is 5.18. The number of benzene rings is 2. The zero-order chi connectivity index (χ0) is 13.2. The van der Waals surface area contributed by atoms with Crippen LogP contribution in [-0.4, -0.2) is 12.1 Å². The Morgan fingerprint density at radius 3 is 1.84 bits per heavy atom. The summed E-state index contributed by atoms with van der Waals surface area (Å²) in [6.07, 6.45) is 2.41. The maximum atomic E-state index is 3.59. The van der Waals surface area contributed by atoms with Crippen molar-refractivity contribution in [1.82, 2.24) is 5.32 Å². The first-order chi connectivity index (χ1) is 9.22. The maximum Gasteiger partial charge on any atom is 0.0150 e. The van der Waals surface area contributed by atoms with Crippen molar-refractivity contribution in [2.75, 3.05) is 0 Å². The molecule has 1 aromatic carbocycles. The Labute approximate surface area is 115 Å². The van der Waals surface area contributed by atoms with E-state index in [0.717, 1.165) is 0 Å². The smallest absolute Gasteiger partial charge is 0.0150 e. The molecular weight excluding hydrogens is 230 g/mol. The molecule has 3 aliphatic rings. The fourth-order valence-corrected chi connectivity index (χ4v) is 2.82. The molecule has 0 bridgehead atoms. The van der Waals surface area contributed by atoms with Crippen LogP contribution in [0.1, 0.15) is 25.0 Å². The normalized spacial score (nSPS) is 14.9. The van der Waals surface area contributed by atoms with Crippen molar-refractivity contribution in [3.05, 3.63) is 59.7 Å². The number of fused-ring (bicyclic) bond motifs is 2. The van der Waals surface area contributed by atoms with Gasteiger partial charge >= 0.3 is 0 Å². The summed E-state index contributed by atoms with van der Waals surface area (Å²) in [6, 6.07) is 18.5. The van der Waals surface area contributed by atoms with Crippen molar-refractivity contribution in [3.63, 3.8) is 0 Å². The molecule has 0 amide bonds. The fraction of sp³-hybridized carbons (Fsp3) is 0.333. The third-order valence-corrected chi connectivity index (χ3v) is 3.73. The number of hydrogen-bond donors (Lipinski definition) is 1. The van der Waals surface area contributed by atoms with Crippen LogP contribution in [0.2, 0.25) is 0 Å². The van der Waals surface area contributed by atoms with Crippen molar-refractivity contribution < 1.29 is 0 Å². The molecule has 0 atom stereocenters. The van der Waals surface area contributed by atoms with E-state index in [9.17, 15) is 0 Å². The molecule has 0 aromatic heterocycles. The largest absolute Gasteiger partial charge is 0.311 e. The molecule has 1 heteroatoms. The zero-order valence-corrected chi connectivity index (χ0v) is 11.7. The molecule has 0 radical (unpaired) electrons. The van der Waals surface area contributed by atoms with Gasteiger partial charge in [-0.05, 0) is 41.2 Å². The predicted octanol–water partition coefficient (Wildman–Crippen LogP) is 3.82. The molecule has 1 N–H and O–H groups in total. The van der Waals surface area contributed by atoms with Gasteiger partial charge in [0.05, 0.1) is 0 Å². The first-order valence-electron chi connectivity index (χ1n) is 7.15. The van der Waals surface area contributed by atoms with Crippen LogP contribution < -0.4 is 5.32 Å². The van der Waals surface area contributed by atoms with Crippen LogP contribution in [0.15, 0.2) is 48.5 Å². The van der Waals surface area contributed by atoms with Crippen LogP contribution in [-0.2, 0) is 12.8 Å². The van der Waals surface area contributed by atoms with Gasteiger partial charge in [0.2, 0.25) is 0 Å². The van der Waals surface area contributed by atoms with E-state index in [0.29, 0.717) is 12.1 Å². The molecule has 0 fully saturated rings. The van der Waals surface area contributed by atoms with Gasteiger partial charge in [0, 0.05) is 12.1 Å². The van der Waals surface area contributed by atoms with Crippen molar-refractivity contribution >= 4 is 0 Å². The van der Waals surface area contributed by atoms with E-state index in [1.54, 1.807) is 0 Å². The molecule has 0 unspecified atom stereocenters. The molecule has 0 aliphatic heterocycles. The molecular formula is C18H21N. The molecule has 1 aromatic rings. The van der Waals surface area contributed by atoms with E-state index < -0.39 is 0 Å². The fourth-order valence-electron chi connectivity index (χ4n) is 2.82. The summed E-state index contributed by atoms with van der Waals surface area (Å²) in [5.41, 5.74) is 5.91. The highest BCUT2D eigenvalue weighted by Crippen LogP contribution is 2.32. The quantitative estimate of drug-likeness (QED) is 0.730. The minimum absolute atomic E-state index is 0.597. The van der Waals surface area contributed by atoms with Gasteiger partial charge in [-0.2, -0.15) is 0 Å². The van der Waals surface area contributed by atoms with Gasteiger partial charge in [0.15, 0.2) is 0 Å². The second-order valence-corrected chi connectivity index (χ2v) is 5.78. The highest BCUT2D eigenvalue weighted by atomic mass is 14.9. The average molecular weight is 251 g/mol. The van der Waals surface area contributed by atoms with E-state index >= 15 is 0 Å². The molecule has 3 aliphatic carbocycles. The third-order valence-electron chi connectivity index (χ3n) is 3.73. The summed E-state index contributed by atoms with van der Waals surface area (Å²) in [5.74, 6) is 0. The SMILES string of the molecule is CC(C)NC1Cc2ccccc2C1.c1cc2cc-2c1. The van der Waals surface area contributed by atoms with Crippen LogP contribution >= 0.6 is 0 Å². The summed E-state index contributed by atoms with van der Waals surface area (Å²) in [4.78, 5) is 0. The number of rotatable bonds is 2. The van der Waals surface area contributed by atoms with E-state index in [-0.39, 0.29) is 0 Å². The van der Waals surface area contributed by atoms with Crippen LogP contribution in [0.4, 0.5) is 0 Å². The topological polar surface area (TPSA) is 12.0 Å². The molecule has 0 saturated heterocycles. The first kappa shape index (κ1) is 12.4. The Bertz CT molecular complexity index is 529. The molecule has 19 heavy (non-hydrogen) atoms.